The van der Waals surface area contributed by atoms with E-state index >= 15 is 0 Å². The minimum atomic E-state index is -0.754. The van der Waals surface area contributed by atoms with Crippen molar-refractivity contribution >= 4 is 23.3 Å². The van der Waals surface area contributed by atoms with Gasteiger partial charge in [-0.2, -0.15) is 0 Å². The predicted octanol–water partition coefficient (Wildman–Crippen LogP) is 2.69. The van der Waals surface area contributed by atoms with Crippen molar-refractivity contribution in [2.75, 3.05) is 10.6 Å². The maximum absolute atomic E-state index is 12.1. The number of imidazole rings is 1. The molecule has 3 amide bonds. The molecule has 5 N–H and O–H groups in total. The number of nitrogens with one attached hydrogen (secondary N) is 2. The van der Waals surface area contributed by atoms with Crippen LogP contribution in [0.15, 0.2) is 54.9 Å². The molecule has 3 aromatic rings. The van der Waals surface area contributed by atoms with Crippen LogP contribution in [0.5, 0.6) is 5.88 Å². The molecule has 1 aromatic heterocycles. The van der Waals surface area contributed by atoms with E-state index in [2.05, 4.69) is 15.6 Å². The molecule has 0 unspecified atom stereocenters. The largest absolute Gasteiger partial charge is 0.492 e. The predicted molar refractivity (Wildman–Crippen MR) is 102 cm³/mol. The molecule has 0 bridgehead atoms. The van der Waals surface area contributed by atoms with E-state index in [0.717, 1.165) is 11.1 Å². The van der Waals surface area contributed by atoms with Crippen LogP contribution in [-0.2, 0) is 6.54 Å². The number of hydrogen-bond donors (Lipinski definition) is 4. The molecule has 0 spiro atoms. The Bertz CT molecular complexity index is 979. The van der Waals surface area contributed by atoms with Gasteiger partial charge in [-0.25, -0.2) is 9.78 Å². The van der Waals surface area contributed by atoms with Crippen LogP contribution in [-0.4, -0.2) is 26.6 Å². The molecular formula is C19H19N5O3. The van der Waals surface area contributed by atoms with Gasteiger partial charge >= 0.3 is 6.03 Å². The third-order valence-electron chi connectivity index (χ3n) is 3.89. The molecule has 138 valence electrons. The second-order valence-electron chi connectivity index (χ2n) is 6.05. The number of nitrogens with zero attached hydrogens (tertiary/aromatic N) is 2. The molecule has 0 aliphatic carbocycles. The molecular weight excluding hydrogens is 346 g/mol. The Morgan fingerprint density at radius 2 is 1.81 bits per heavy atom. The van der Waals surface area contributed by atoms with Gasteiger partial charge in [0.1, 0.15) is 0 Å². The fourth-order valence-corrected chi connectivity index (χ4v) is 2.65. The maximum Gasteiger partial charge on any atom is 0.323 e. The molecule has 27 heavy (non-hydrogen) atoms. The minimum Gasteiger partial charge on any atom is -0.492 e. The smallest absolute Gasteiger partial charge is 0.323 e. The number of hydrogen-bond acceptors (Lipinski definition) is 4. The van der Waals surface area contributed by atoms with Crippen molar-refractivity contribution in [3.8, 4) is 5.88 Å². The summed E-state index contributed by atoms with van der Waals surface area (Å²) in [6.45, 7) is 2.26. The summed E-state index contributed by atoms with van der Waals surface area (Å²) in [6, 6.07) is 14.2. The van der Waals surface area contributed by atoms with Crippen LogP contribution in [0.4, 0.5) is 16.2 Å². The molecule has 0 aliphatic heterocycles. The molecule has 0 saturated carbocycles. The van der Waals surface area contributed by atoms with Crippen LogP contribution >= 0.6 is 0 Å². The van der Waals surface area contributed by atoms with E-state index < -0.39 is 11.8 Å². The Labute approximate surface area is 155 Å². The third-order valence-corrected chi connectivity index (χ3v) is 3.89. The van der Waals surface area contributed by atoms with E-state index in [-0.39, 0.29) is 11.7 Å². The summed E-state index contributed by atoms with van der Waals surface area (Å²) in [7, 11) is 0. The Balaban J connectivity index is 1.63. The number of aryl methyl sites for hydroxylation is 1. The van der Waals surface area contributed by atoms with Crippen LogP contribution in [0.3, 0.4) is 0 Å². The number of primary amides is 1. The van der Waals surface area contributed by atoms with Crippen molar-refractivity contribution in [3.05, 3.63) is 71.7 Å². The van der Waals surface area contributed by atoms with Crippen LogP contribution in [0, 0.1) is 6.92 Å². The molecule has 0 aliphatic rings. The fourth-order valence-electron chi connectivity index (χ4n) is 2.65. The normalized spacial score (nSPS) is 10.4. The first-order valence-corrected chi connectivity index (χ1v) is 8.20. The molecule has 0 atom stereocenters. The number of aromatic nitrogens is 2. The van der Waals surface area contributed by atoms with Crippen LogP contribution in [0.1, 0.15) is 21.6 Å². The number of rotatable bonds is 5. The van der Waals surface area contributed by atoms with Gasteiger partial charge in [-0.3, -0.25) is 4.79 Å². The number of amides is 3. The molecule has 8 heteroatoms. The number of aromatic hydroxyl groups is 1. The Hall–Kier alpha value is -3.81. The molecule has 0 radical (unpaired) electrons. The van der Waals surface area contributed by atoms with Gasteiger partial charge in [0.2, 0.25) is 5.88 Å². The molecule has 3 rings (SSSR count). The average molecular weight is 365 g/mol. The van der Waals surface area contributed by atoms with Crippen molar-refractivity contribution in [1.29, 1.82) is 0 Å². The fraction of sp³-hybridized carbons (Fsp3) is 0.105. The zero-order valence-corrected chi connectivity index (χ0v) is 14.6. The molecule has 2 aromatic carbocycles. The first-order chi connectivity index (χ1) is 12.9. The van der Waals surface area contributed by atoms with Gasteiger partial charge < -0.3 is 26.0 Å². The lowest BCUT2D eigenvalue weighted by Gasteiger charge is -2.10. The van der Waals surface area contributed by atoms with Gasteiger partial charge in [-0.05, 0) is 42.3 Å². The van der Waals surface area contributed by atoms with E-state index in [1.807, 2.05) is 31.2 Å². The first-order valence-electron chi connectivity index (χ1n) is 8.20. The second kappa shape index (κ2) is 7.61. The van der Waals surface area contributed by atoms with Crippen LogP contribution in [0.2, 0.25) is 0 Å². The first kappa shape index (κ1) is 18.0. The lowest BCUT2D eigenvalue weighted by atomic mass is 10.2. The van der Waals surface area contributed by atoms with Gasteiger partial charge in [0.05, 0.1) is 6.33 Å². The number of anilines is 2. The molecule has 8 nitrogen and oxygen atoms in total. The van der Waals surface area contributed by atoms with Gasteiger partial charge in [0.25, 0.3) is 5.91 Å². The van der Waals surface area contributed by atoms with E-state index in [4.69, 9.17) is 5.73 Å². The van der Waals surface area contributed by atoms with Gasteiger partial charge in [-0.1, -0.05) is 24.3 Å². The van der Waals surface area contributed by atoms with Crippen molar-refractivity contribution in [1.82, 2.24) is 9.55 Å². The van der Waals surface area contributed by atoms with E-state index in [0.29, 0.717) is 17.9 Å². The SMILES string of the molecule is Cc1cccc(NC(=O)Nc2ccc(Cn3cnc(O)c3C(N)=O)cc2)c1. The third kappa shape index (κ3) is 4.43. The Morgan fingerprint density at radius 3 is 2.48 bits per heavy atom. The number of carbonyl (C=O) groups is 2. The maximum atomic E-state index is 12.1. The van der Waals surface area contributed by atoms with Crippen molar-refractivity contribution < 1.29 is 14.7 Å². The summed E-state index contributed by atoms with van der Waals surface area (Å²) in [5.41, 5.74) is 8.43. The Kier molecular flexibility index (Phi) is 5.07. The number of urea groups is 1. The average Bonchev–Trinajstić information content (AvgIpc) is 2.97. The number of benzene rings is 2. The number of nitrogens with two attached hydrogens (primary N) is 1. The van der Waals surface area contributed by atoms with Gasteiger partial charge in [-0.15, -0.1) is 0 Å². The van der Waals surface area contributed by atoms with Crippen LogP contribution < -0.4 is 16.4 Å². The Morgan fingerprint density at radius 1 is 1.11 bits per heavy atom. The number of carbonyl (C=O) groups excluding carboxylic acids is 2. The lowest BCUT2D eigenvalue weighted by molar-refractivity contribution is 0.0989. The van der Waals surface area contributed by atoms with Crippen molar-refractivity contribution in [2.24, 2.45) is 5.73 Å². The van der Waals surface area contributed by atoms with Crippen molar-refractivity contribution in [2.45, 2.75) is 13.5 Å². The summed E-state index contributed by atoms with van der Waals surface area (Å²) >= 11 is 0. The van der Waals surface area contributed by atoms with E-state index in [1.54, 1.807) is 24.3 Å². The standard InChI is InChI=1S/C19H19N5O3/c1-12-3-2-4-15(9-12)23-19(27)22-14-7-5-13(6-8-14)10-24-11-21-18(26)16(24)17(20)25/h2-9,11,26H,10H2,1H3,(H2,20,25)(H2,22,23,27). The zero-order valence-electron chi connectivity index (χ0n) is 14.6. The monoisotopic (exact) mass is 365 g/mol. The summed E-state index contributed by atoms with van der Waals surface area (Å²) in [6.07, 6.45) is 1.34. The highest BCUT2D eigenvalue weighted by atomic mass is 16.3. The minimum absolute atomic E-state index is 0.0465. The highest BCUT2D eigenvalue weighted by molar-refractivity contribution is 5.99. The van der Waals surface area contributed by atoms with Crippen LogP contribution in [0.25, 0.3) is 0 Å². The van der Waals surface area contributed by atoms with E-state index in [1.165, 1.54) is 10.9 Å². The van der Waals surface area contributed by atoms with Gasteiger partial charge in [0.15, 0.2) is 5.69 Å². The summed E-state index contributed by atoms with van der Waals surface area (Å²) in [5, 5.41) is 15.1. The highest BCUT2D eigenvalue weighted by Crippen LogP contribution is 2.17. The lowest BCUT2D eigenvalue weighted by Crippen LogP contribution is -2.19. The summed E-state index contributed by atoms with van der Waals surface area (Å²) in [4.78, 5) is 27.2. The molecule has 1 heterocycles. The second-order valence-corrected chi connectivity index (χ2v) is 6.05. The quantitative estimate of drug-likeness (QED) is 0.555. The summed E-state index contributed by atoms with van der Waals surface area (Å²) in [5.74, 6) is -1.15. The molecule has 0 saturated heterocycles. The van der Waals surface area contributed by atoms with Gasteiger partial charge in [0, 0.05) is 17.9 Å². The summed E-state index contributed by atoms with van der Waals surface area (Å²) < 4.78 is 1.46. The van der Waals surface area contributed by atoms with E-state index in [9.17, 15) is 14.7 Å². The highest BCUT2D eigenvalue weighted by Gasteiger charge is 2.15. The topological polar surface area (TPSA) is 122 Å². The van der Waals surface area contributed by atoms with Crippen molar-refractivity contribution in [3.63, 3.8) is 0 Å². The molecule has 0 fully saturated rings. The zero-order chi connectivity index (χ0) is 19.4.